The van der Waals surface area contributed by atoms with Crippen molar-refractivity contribution in [3.8, 4) is 6.07 Å². The molecule has 0 saturated carbocycles. The summed E-state index contributed by atoms with van der Waals surface area (Å²) in [6.07, 6.45) is 0. The number of rotatable bonds is 2. The zero-order valence-electron chi connectivity index (χ0n) is 7.25. The highest BCUT2D eigenvalue weighted by Crippen LogP contribution is 2.13. The van der Waals surface area contributed by atoms with E-state index in [0.29, 0.717) is 5.69 Å². The quantitative estimate of drug-likeness (QED) is 0.793. The summed E-state index contributed by atoms with van der Waals surface area (Å²) < 4.78 is 0.945. The number of anilines is 1. The summed E-state index contributed by atoms with van der Waals surface area (Å²) in [7, 11) is 0. The van der Waals surface area contributed by atoms with Crippen LogP contribution in [-0.4, -0.2) is 12.6 Å². The van der Waals surface area contributed by atoms with Gasteiger partial charge < -0.3 is 10.6 Å². The summed E-state index contributed by atoms with van der Waals surface area (Å²) in [4.78, 5) is 11.1. The molecule has 1 aromatic carbocycles. The lowest BCUT2D eigenvalue weighted by Crippen LogP contribution is -2.28. The summed E-state index contributed by atoms with van der Waals surface area (Å²) in [6, 6.07) is 8.59. The topological polar surface area (TPSA) is 64.9 Å². The maximum Gasteiger partial charge on any atom is 0.320 e. The molecule has 0 unspecified atom stereocenters. The number of amides is 2. The van der Waals surface area contributed by atoms with E-state index in [1.54, 1.807) is 12.1 Å². The Kier molecular flexibility index (Phi) is 3.95. The fourth-order valence-electron chi connectivity index (χ4n) is 0.828. The highest BCUT2D eigenvalue weighted by Gasteiger charge is 1.99. The number of halogens is 1. The molecule has 0 aliphatic carbocycles. The molecule has 4 nitrogen and oxygen atoms in total. The summed E-state index contributed by atoms with van der Waals surface area (Å²) >= 11 is 3.28. The number of nitriles is 1. The maximum atomic E-state index is 11.1. The van der Waals surface area contributed by atoms with E-state index in [0.717, 1.165) is 4.47 Å². The van der Waals surface area contributed by atoms with Gasteiger partial charge in [0.15, 0.2) is 0 Å². The third-order valence-electron chi connectivity index (χ3n) is 1.43. The van der Waals surface area contributed by atoms with E-state index in [-0.39, 0.29) is 12.6 Å². The molecule has 0 atom stereocenters. The second-order valence-electron chi connectivity index (χ2n) is 2.47. The molecule has 0 radical (unpaired) electrons. The number of hydrogen-bond donors (Lipinski definition) is 2. The van der Waals surface area contributed by atoms with Crippen molar-refractivity contribution in [2.45, 2.75) is 0 Å². The Morgan fingerprint density at radius 1 is 1.43 bits per heavy atom. The largest absolute Gasteiger partial charge is 0.325 e. The van der Waals surface area contributed by atoms with Gasteiger partial charge in [-0.1, -0.05) is 15.9 Å². The number of urea groups is 1. The van der Waals surface area contributed by atoms with Crippen molar-refractivity contribution in [3.05, 3.63) is 28.7 Å². The van der Waals surface area contributed by atoms with Gasteiger partial charge in [0.25, 0.3) is 0 Å². The Bertz CT molecular complexity index is 355. The predicted molar refractivity (Wildman–Crippen MR) is 56.8 cm³/mol. The van der Waals surface area contributed by atoms with Crippen LogP contribution in [0, 0.1) is 11.3 Å². The van der Waals surface area contributed by atoms with Gasteiger partial charge >= 0.3 is 6.03 Å². The lowest BCUT2D eigenvalue weighted by Gasteiger charge is -2.04. The average Bonchev–Trinajstić information content (AvgIpc) is 2.18. The van der Waals surface area contributed by atoms with Gasteiger partial charge in [-0.3, -0.25) is 0 Å². The minimum atomic E-state index is -0.381. The SMILES string of the molecule is N#CCNC(=O)Nc1ccc(Br)cc1. The summed E-state index contributed by atoms with van der Waals surface area (Å²) in [5.74, 6) is 0. The van der Waals surface area contributed by atoms with Crippen LogP contribution in [0.2, 0.25) is 0 Å². The molecule has 1 aromatic rings. The molecule has 5 heteroatoms. The van der Waals surface area contributed by atoms with Crippen LogP contribution in [0.1, 0.15) is 0 Å². The zero-order valence-corrected chi connectivity index (χ0v) is 8.84. The minimum Gasteiger partial charge on any atom is -0.325 e. The monoisotopic (exact) mass is 253 g/mol. The Balaban J connectivity index is 2.49. The van der Waals surface area contributed by atoms with Gasteiger partial charge in [-0.25, -0.2) is 4.79 Å². The van der Waals surface area contributed by atoms with Crippen molar-refractivity contribution in [2.75, 3.05) is 11.9 Å². The van der Waals surface area contributed by atoms with Crippen molar-refractivity contribution in [1.29, 1.82) is 5.26 Å². The van der Waals surface area contributed by atoms with Crippen LogP contribution in [0.5, 0.6) is 0 Å². The summed E-state index contributed by atoms with van der Waals surface area (Å²) in [5, 5.41) is 13.2. The average molecular weight is 254 g/mol. The van der Waals surface area contributed by atoms with Crippen molar-refractivity contribution >= 4 is 27.6 Å². The van der Waals surface area contributed by atoms with Crippen molar-refractivity contribution in [1.82, 2.24) is 5.32 Å². The highest BCUT2D eigenvalue weighted by atomic mass is 79.9. The molecule has 0 aliphatic rings. The van der Waals surface area contributed by atoms with Crippen molar-refractivity contribution < 1.29 is 4.79 Å². The normalized spacial score (nSPS) is 8.86. The number of carbonyl (C=O) groups excluding carboxylic acids is 1. The van der Waals surface area contributed by atoms with Gasteiger partial charge in [-0.2, -0.15) is 5.26 Å². The molecule has 72 valence electrons. The Morgan fingerprint density at radius 3 is 2.64 bits per heavy atom. The maximum absolute atomic E-state index is 11.1. The van der Waals surface area contributed by atoms with E-state index >= 15 is 0 Å². The molecule has 0 aliphatic heterocycles. The van der Waals surface area contributed by atoms with Crippen LogP contribution in [0.4, 0.5) is 10.5 Å². The fraction of sp³-hybridized carbons (Fsp3) is 0.111. The molecule has 0 bridgehead atoms. The van der Waals surface area contributed by atoms with E-state index in [1.165, 1.54) is 0 Å². The van der Waals surface area contributed by atoms with Crippen LogP contribution in [-0.2, 0) is 0 Å². The van der Waals surface area contributed by atoms with Crippen LogP contribution in [0.3, 0.4) is 0 Å². The van der Waals surface area contributed by atoms with Crippen LogP contribution >= 0.6 is 15.9 Å². The predicted octanol–water partition coefficient (Wildman–Crippen LogP) is 2.09. The van der Waals surface area contributed by atoms with Crippen LogP contribution < -0.4 is 10.6 Å². The third-order valence-corrected chi connectivity index (χ3v) is 1.96. The van der Waals surface area contributed by atoms with Crippen LogP contribution in [0.25, 0.3) is 0 Å². The Hall–Kier alpha value is -1.54. The Morgan fingerprint density at radius 2 is 2.07 bits per heavy atom. The lowest BCUT2D eigenvalue weighted by molar-refractivity contribution is 0.253. The van der Waals surface area contributed by atoms with Gasteiger partial charge in [-0.05, 0) is 24.3 Å². The fourth-order valence-corrected chi connectivity index (χ4v) is 1.09. The molecule has 0 fully saturated rings. The molecular weight excluding hydrogens is 246 g/mol. The van der Waals surface area contributed by atoms with Crippen molar-refractivity contribution in [3.63, 3.8) is 0 Å². The first-order valence-electron chi connectivity index (χ1n) is 3.90. The molecule has 0 aromatic heterocycles. The third kappa shape index (κ3) is 3.46. The standard InChI is InChI=1S/C9H8BrN3O/c10-7-1-3-8(4-2-7)13-9(14)12-6-5-11/h1-4H,6H2,(H2,12,13,14). The lowest BCUT2D eigenvalue weighted by atomic mass is 10.3. The molecule has 0 spiro atoms. The second kappa shape index (κ2) is 5.25. The number of hydrogen-bond acceptors (Lipinski definition) is 2. The minimum absolute atomic E-state index is 0.00234. The molecular formula is C9H8BrN3O. The van der Waals surface area contributed by atoms with E-state index in [4.69, 9.17) is 5.26 Å². The smallest absolute Gasteiger partial charge is 0.320 e. The molecule has 0 saturated heterocycles. The number of benzene rings is 1. The molecule has 0 heterocycles. The van der Waals surface area contributed by atoms with E-state index < -0.39 is 0 Å². The van der Waals surface area contributed by atoms with Gasteiger partial charge in [0.05, 0.1) is 6.07 Å². The number of nitrogens with zero attached hydrogens (tertiary/aromatic N) is 1. The van der Waals surface area contributed by atoms with Gasteiger partial charge in [-0.15, -0.1) is 0 Å². The molecule has 14 heavy (non-hydrogen) atoms. The highest BCUT2D eigenvalue weighted by molar-refractivity contribution is 9.10. The van der Waals surface area contributed by atoms with Crippen LogP contribution in [0.15, 0.2) is 28.7 Å². The van der Waals surface area contributed by atoms with Gasteiger partial charge in [0.1, 0.15) is 6.54 Å². The van der Waals surface area contributed by atoms with Gasteiger partial charge in [0, 0.05) is 10.2 Å². The Labute approximate surface area is 90.0 Å². The van der Waals surface area contributed by atoms with E-state index in [9.17, 15) is 4.79 Å². The molecule has 2 amide bonds. The second-order valence-corrected chi connectivity index (χ2v) is 3.39. The number of carbonyl (C=O) groups is 1. The van der Waals surface area contributed by atoms with E-state index in [2.05, 4.69) is 26.6 Å². The first-order chi connectivity index (χ1) is 6.72. The molecule has 2 N–H and O–H groups in total. The van der Waals surface area contributed by atoms with E-state index in [1.807, 2.05) is 18.2 Å². The van der Waals surface area contributed by atoms with Gasteiger partial charge in [0.2, 0.25) is 0 Å². The molecule has 1 rings (SSSR count). The first kappa shape index (κ1) is 10.5. The summed E-state index contributed by atoms with van der Waals surface area (Å²) in [6.45, 7) is 0.00234. The van der Waals surface area contributed by atoms with Crippen molar-refractivity contribution in [2.24, 2.45) is 0 Å². The summed E-state index contributed by atoms with van der Waals surface area (Å²) in [5.41, 5.74) is 0.684. The first-order valence-corrected chi connectivity index (χ1v) is 4.69. The zero-order chi connectivity index (χ0) is 10.4. The number of nitrogens with one attached hydrogen (secondary N) is 2.